The molecule has 2 aromatic carbocycles. The molecule has 0 fully saturated rings. The van der Waals surface area contributed by atoms with Crippen LogP contribution in [0.15, 0.2) is 36.4 Å². The molecule has 2 heteroatoms. The summed E-state index contributed by atoms with van der Waals surface area (Å²) in [5.41, 5.74) is 6.35. The summed E-state index contributed by atoms with van der Waals surface area (Å²) in [7, 11) is 0. The maximum atomic E-state index is 6.15. The second kappa shape index (κ2) is 6.43. The molecule has 0 aliphatic heterocycles. The zero-order valence-electron chi connectivity index (χ0n) is 12.6. The molecule has 0 radical (unpaired) electrons. The van der Waals surface area contributed by atoms with E-state index in [9.17, 15) is 0 Å². The van der Waals surface area contributed by atoms with Gasteiger partial charge in [-0.25, -0.2) is 0 Å². The fourth-order valence-corrected chi connectivity index (χ4v) is 2.63. The predicted octanol–water partition coefficient (Wildman–Crippen LogP) is 5.12. The van der Waals surface area contributed by atoms with E-state index in [1.165, 1.54) is 27.8 Å². The lowest BCUT2D eigenvalue weighted by atomic mass is 9.96. The molecule has 0 aliphatic carbocycles. The molecule has 0 bridgehead atoms. The number of nitrogens with one attached hydrogen (secondary N) is 1. The zero-order chi connectivity index (χ0) is 14.7. The molecule has 20 heavy (non-hydrogen) atoms. The molecule has 2 aromatic rings. The predicted molar refractivity (Wildman–Crippen MR) is 88.3 cm³/mol. The van der Waals surface area contributed by atoms with E-state index in [2.05, 4.69) is 63.3 Å². The molecule has 0 aliphatic rings. The first-order valence-corrected chi connectivity index (χ1v) is 7.44. The van der Waals surface area contributed by atoms with Gasteiger partial charge in [0, 0.05) is 17.6 Å². The second-order valence-electron chi connectivity index (χ2n) is 5.71. The van der Waals surface area contributed by atoms with Crippen molar-refractivity contribution in [1.82, 2.24) is 5.32 Å². The first-order valence-electron chi connectivity index (χ1n) is 7.06. The highest BCUT2D eigenvalue weighted by Crippen LogP contribution is 2.28. The zero-order valence-corrected chi connectivity index (χ0v) is 13.4. The van der Waals surface area contributed by atoms with Crippen molar-refractivity contribution in [1.29, 1.82) is 0 Å². The molecule has 2 rings (SSSR count). The summed E-state index contributed by atoms with van der Waals surface area (Å²) in [5.74, 6) is 0. The average Bonchev–Trinajstić information content (AvgIpc) is 2.35. The third-order valence-corrected chi connectivity index (χ3v) is 3.54. The smallest absolute Gasteiger partial charge is 0.0409 e. The lowest BCUT2D eigenvalue weighted by Gasteiger charge is -2.14. The third-order valence-electron chi connectivity index (χ3n) is 3.30. The summed E-state index contributed by atoms with van der Waals surface area (Å²) < 4.78 is 0. The summed E-state index contributed by atoms with van der Waals surface area (Å²) in [5, 5.41) is 4.26. The van der Waals surface area contributed by atoms with E-state index in [-0.39, 0.29) is 0 Å². The van der Waals surface area contributed by atoms with Gasteiger partial charge in [-0.3, -0.25) is 0 Å². The molecule has 0 saturated heterocycles. The van der Waals surface area contributed by atoms with Crippen LogP contribution in [-0.4, -0.2) is 6.04 Å². The molecule has 0 atom stereocenters. The summed E-state index contributed by atoms with van der Waals surface area (Å²) >= 11 is 6.15. The van der Waals surface area contributed by atoms with E-state index in [0.717, 1.165) is 11.6 Å². The first kappa shape index (κ1) is 15.1. The Morgan fingerprint density at radius 3 is 2.25 bits per heavy atom. The van der Waals surface area contributed by atoms with Gasteiger partial charge in [-0.2, -0.15) is 0 Å². The molecule has 0 unspecified atom stereocenters. The van der Waals surface area contributed by atoms with Gasteiger partial charge in [0.1, 0.15) is 0 Å². The SMILES string of the molecule is Cc1cc(C)cc(-c2ccc(Cl)cc2CNC(C)C)c1. The quantitative estimate of drug-likeness (QED) is 0.823. The van der Waals surface area contributed by atoms with E-state index < -0.39 is 0 Å². The van der Waals surface area contributed by atoms with Crippen LogP contribution in [0.3, 0.4) is 0 Å². The van der Waals surface area contributed by atoms with Crippen LogP contribution >= 0.6 is 11.6 Å². The Labute approximate surface area is 127 Å². The van der Waals surface area contributed by atoms with Crippen molar-refractivity contribution in [2.45, 2.75) is 40.3 Å². The van der Waals surface area contributed by atoms with Crippen LogP contribution in [0.25, 0.3) is 11.1 Å². The van der Waals surface area contributed by atoms with Crippen molar-refractivity contribution in [2.75, 3.05) is 0 Å². The van der Waals surface area contributed by atoms with Crippen LogP contribution in [-0.2, 0) is 6.54 Å². The molecule has 1 nitrogen and oxygen atoms in total. The topological polar surface area (TPSA) is 12.0 Å². The van der Waals surface area contributed by atoms with Crippen molar-refractivity contribution in [3.05, 3.63) is 58.1 Å². The Kier molecular flexibility index (Phi) is 4.85. The van der Waals surface area contributed by atoms with Gasteiger partial charge in [0.2, 0.25) is 0 Å². The molecular weight excluding hydrogens is 266 g/mol. The molecule has 0 heterocycles. The van der Waals surface area contributed by atoms with Gasteiger partial charge < -0.3 is 5.32 Å². The van der Waals surface area contributed by atoms with Crippen LogP contribution < -0.4 is 5.32 Å². The van der Waals surface area contributed by atoms with E-state index in [4.69, 9.17) is 11.6 Å². The normalized spacial score (nSPS) is 11.1. The Morgan fingerprint density at radius 2 is 1.65 bits per heavy atom. The average molecular weight is 288 g/mol. The van der Waals surface area contributed by atoms with E-state index in [1.807, 2.05) is 6.07 Å². The third kappa shape index (κ3) is 3.84. The van der Waals surface area contributed by atoms with Crippen LogP contribution in [0.5, 0.6) is 0 Å². The van der Waals surface area contributed by atoms with Crippen molar-refractivity contribution in [3.63, 3.8) is 0 Å². The number of rotatable bonds is 4. The fraction of sp³-hybridized carbons (Fsp3) is 0.333. The van der Waals surface area contributed by atoms with Gasteiger partial charge in [0.25, 0.3) is 0 Å². The Hall–Kier alpha value is -1.31. The van der Waals surface area contributed by atoms with Gasteiger partial charge in [-0.1, -0.05) is 60.8 Å². The van der Waals surface area contributed by atoms with Gasteiger partial charge >= 0.3 is 0 Å². The highest BCUT2D eigenvalue weighted by atomic mass is 35.5. The lowest BCUT2D eigenvalue weighted by molar-refractivity contribution is 0.589. The van der Waals surface area contributed by atoms with Gasteiger partial charge in [0.05, 0.1) is 0 Å². The second-order valence-corrected chi connectivity index (χ2v) is 6.15. The molecule has 0 aromatic heterocycles. The van der Waals surface area contributed by atoms with Crippen molar-refractivity contribution < 1.29 is 0 Å². The minimum atomic E-state index is 0.459. The maximum absolute atomic E-state index is 6.15. The monoisotopic (exact) mass is 287 g/mol. The molecular formula is C18H22ClN. The first-order chi connectivity index (χ1) is 9.45. The van der Waals surface area contributed by atoms with Crippen molar-refractivity contribution >= 4 is 11.6 Å². The summed E-state index contributed by atoms with van der Waals surface area (Å²) in [6.07, 6.45) is 0. The number of hydrogen-bond donors (Lipinski definition) is 1. The van der Waals surface area contributed by atoms with Crippen LogP contribution in [0, 0.1) is 13.8 Å². The minimum Gasteiger partial charge on any atom is -0.310 e. The number of aryl methyl sites for hydroxylation is 2. The highest BCUT2D eigenvalue weighted by molar-refractivity contribution is 6.30. The molecule has 0 spiro atoms. The number of halogens is 1. The lowest BCUT2D eigenvalue weighted by Crippen LogP contribution is -2.22. The largest absolute Gasteiger partial charge is 0.310 e. The fourth-order valence-electron chi connectivity index (χ4n) is 2.43. The minimum absolute atomic E-state index is 0.459. The van der Waals surface area contributed by atoms with Gasteiger partial charge in [-0.15, -0.1) is 0 Å². The maximum Gasteiger partial charge on any atom is 0.0409 e. The van der Waals surface area contributed by atoms with E-state index in [0.29, 0.717) is 6.04 Å². The number of hydrogen-bond acceptors (Lipinski definition) is 1. The van der Waals surface area contributed by atoms with Gasteiger partial charge in [-0.05, 0) is 42.7 Å². The number of benzene rings is 2. The Morgan fingerprint density at radius 1 is 1.00 bits per heavy atom. The Bertz CT molecular complexity index is 582. The highest BCUT2D eigenvalue weighted by Gasteiger charge is 2.08. The molecule has 0 saturated carbocycles. The van der Waals surface area contributed by atoms with Gasteiger partial charge in [0.15, 0.2) is 0 Å². The van der Waals surface area contributed by atoms with Crippen molar-refractivity contribution in [2.24, 2.45) is 0 Å². The molecule has 0 amide bonds. The summed E-state index contributed by atoms with van der Waals surface area (Å²) in [6.45, 7) is 9.42. The van der Waals surface area contributed by atoms with E-state index in [1.54, 1.807) is 0 Å². The van der Waals surface area contributed by atoms with Crippen LogP contribution in [0.2, 0.25) is 5.02 Å². The standard InChI is InChI=1S/C18H22ClN/c1-12(2)20-11-16-10-17(19)5-6-18(16)15-8-13(3)7-14(4)9-15/h5-10,12,20H,11H2,1-4H3. The summed E-state index contributed by atoms with van der Waals surface area (Å²) in [4.78, 5) is 0. The molecule has 106 valence electrons. The van der Waals surface area contributed by atoms with Crippen molar-refractivity contribution in [3.8, 4) is 11.1 Å². The summed E-state index contributed by atoms with van der Waals surface area (Å²) in [6, 6.07) is 13.3. The molecule has 1 N–H and O–H groups in total. The van der Waals surface area contributed by atoms with Crippen LogP contribution in [0.4, 0.5) is 0 Å². The Balaban J connectivity index is 2.44. The van der Waals surface area contributed by atoms with Crippen LogP contribution in [0.1, 0.15) is 30.5 Å². The van der Waals surface area contributed by atoms with E-state index >= 15 is 0 Å².